The second kappa shape index (κ2) is 3.93. The Bertz CT molecular complexity index is 279. The van der Waals surface area contributed by atoms with Crippen LogP contribution in [0.15, 0.2) is 17.6 Å². The van der Waals surface area contributed by atoms with E-state index in [1.807, 2.05) is 0 Å². The highest BCUT2D eigenvalue weighted by molar-refractivity contribution is 8.15. The van der Waals surface area contributed by atoms with Crippen LogP contribution in [0, 0.1) is 11.5 Å². The quantitative estimate of drug-likeness (QED) is 0.462. The first-order valence-corrected chi connectivity index (χ1v) is 4.29. The van der Waals surface area contributed by atoms with Crippen molar-refractivity contribution in [1.82, 2.24) is 4.90 Å². The van der Waals surface area contributed by atoms with Crippen LogP contribution in [0.3, 0.4) is 0 Å². The Morgan fingerprint density at radius 1 is 1.92 bits per heavy atom. The fourth-order valence-corrected chi connectivity index (χ4v) is 1.68. The summed E-state index contributed by atoms with van der Waals surface area (Å²) in [7, 11) is 0. The second-order valence-electron chi connectivity index (χ2n) is 2.08. The van der Waals surface area contributed by atoms with Crippen LogP contribution in [0.5, 0.6) is 0 Å². The second-order valence-corrected chi connectivity index (χ2v) is 3.02. The SMILES string of the molecule is C=CCN1C(=O)CSC1=NC#N. The molecule has 1 fully saturated rings. The molecule has 0 aromatic carbocycles. The number of nitrogens with zero attached hydrogens (tertiary/aromatic N) is 3. The van der Waals surface area contributed by atoms with Crippen molar-refractivity contribution in [3.8, 4) is 6.19 Å². The van der Waals surface area contributed by atoms with E-state index in [0.717, 1.165) is 0 Å². The zero-order valence-electron chi connectivity index (χ0n) is 6.36. The molecule has 5 heteroatoms. The van der Waals surface area contributed by atoms with Gasteiger partial charge < -0.3 is 0 Å². The highest BCUT2D eigenvalue weighted by Crippen LogP contribution is 2.18. The molecule has 1 aliphatic heterocycles. The van der Waals surface area contributed by atoms with Crippen molar-refractivity contribution in [2.24, 2.45) is 4.99 Å². The molecule has 1 heterocycles. The van der Waals surface area contributed by atoms with Gasteiger partial charge in [0.15, 0.2) is 5.17 Å². The minimum atomic E-state index is -0.0195. The fourth-order valence-electron chi connectivity index (χ4n) is 0.833. The lowest BCUT2D eigenvalue weighted by Crippen LogP contribution is -2.29. The number of amides is 1. The third-order valence-electron chi connectivity index (χ3n) is 1.31. The van der Waals surface area contributed by atoms with Crippen LogP contribution in [-0.2, 0) is 4.79 Å². The first-order valence-electron chi connectivity index (χ1n) is 3.30. The van der Waals surface area contributed by atoms with Gasteiger partial charge in [0.25, 0.3) is 0 Å². The molecule has 0 aliphatic carbocycles. The summed E-state index contributed by atoms with van der Waals surface area (Å²) < 4.78 is 0. The third kappa shape index (κ3) is 1.66. The van der Waals surface area contributed by atoms with E-state index in [1.54, 1.807) is 12.3 Å². The summed E-state index contributed by atoms with van der Waals surface area (Å²) >= 11 is 1.28. The van der Waals surface area contributed by atoms with Crippen molar-refractivity contribution in [2.45, 2.75) is 0 Å². The number of amidine groups is 1. The van der Waals surface area contributed by atoms with Crippen LogP contribution in [0.25, 0.3) is 0 Å². The molecule has 0 bridgehead atoms. The Morgan fingerprint density at radius 2 is 2.67 bits per heavy atom. The molecule has 4 nitrogen and oxygen atoms in total. The smallest absolute Gasteiger partial charge is 0.239 e. The summed E-state index contributed by atoms with van der Waals surface area (Å²) in [5, 5.41) is 8.76. The molecule has 0 spiro atoms. The summed E-state index contributed by atoms with van der Waals surface area (Å²) in [4.78, 5) is 16.1. The molecule has 0 atom stereocenters. The van der Waals surface area contributed by atoms with Crippen molar-refractivity contribution in [2.75, 3.05) is 12.3 Å². The predicted octanol–water partition coefficient (Wildman–Crippen LogP) is 0.585. The summed E-state index contributed by atoms with van der Waals surface area (Å²) in [5.74, 6) is 0.350. The molecule has 0 aromatic rings. The van der Waals surface area contributed by atoms with E-state index in [0.29, 0.717) is 17.5 Å². The minimum absolute atomic E-state index is 0.0195. The lowest BCUT2D eigenvalue weighted by molar-refractivity contribution is -0.123. The molecule has 12 heavy (non-hydrogen) atoms. The monoisotopic (exact) mass is 181 g/mol. The summed E-state index contributed by atoms with van der Waals surface area (Å²) in [6.45, 7) is 3.94. The zero-order chi connectivity index (χ0) is 8.97. The van der Waals surface area contributed by atoms with E-state index in [9.17, 15) is 4.79 Å². The Morgan fingerprint density at radius 3 is 3.25 bits per heavy atom. The van der Waals surface area contributed by atoms with E-state index < -0.39 is 0 Å². The van der Waals surface area contributed by atoms with E-state index in [1.165, 1.54) is 16.7 Å². The van der Waals surface area contributed by atoms with Crippen molar-refractivity contribution >= 4 is 22.8 Å². The van der Waals surface area contributed by atoms with Crippen LogP contribution in [0.2, 0.25) is 0 Å². The number of thioether (sulfide) groups is 1. The largest absolute Gasteiger partial charge is 0.286 e. The summed E-state index contributed by atoms with van der Waals surface area (Å²) in [6, 6.07) is 0. The van der Waals surface area contributed by atoms with Gasteiger partial charge in [-0.15, -0.1) is 11.6 Å². The first kappa shape index (κ1) is 8.81. The Hall–Kier alpha value is -1.28. The molecule has 0 saturated carbocycles. The summed E-state index contributed by atoms with van der Waals surface area (Å²) in [6.07, 6.45) is 3.27. The lowest BCUT2D eigenvalue weighted by Gasteiger charge is -2.10. The maximum absolute atomic E-state index is 11.1. The molecular weight excluding hydrogens is 174 g/mol. The van der Waals surface area contributed by atoms with Gasteiger partial charge in [0.2, 0.25) is 12.1 Å². The molecule has 0 N–H and O–H groups in total. The van der Waals surface area contributed by atoms with Crippen molar-refractivity contribution in [3.05, 3.63) is 12.7 Å². The van der Waals surface area contributed by atoms with Gasteiger partial charge in [0.05, 0.1) is 5.75 Å². The van der Waals surface area contributed by atoms with E-state index in [-0.39, 0.29) is 5.91 Å². The van der Waals surface area contributed by atoms with Gasteiger partial charge in [0.1, 0.15) is 0 Å². The van der Waals surface area contributed by atoms with E-state index in [4.69, 9.17) is 5.26 Å². The molecule has 0 radical (unpaired) electrons. The average molecular weight is 181 g/mol. The number of hydrogen-bond acceptors (Lipinski definition) is 4. The van der Waals surface area contributed by atoms with Gasteiger partial charge in [-0.3, -0.25) is 9.69 Å². The average Bonchev–Trinajstić information content (AvgIpc) is 2.37. The van der Waals surface area contributed by atoms with Crippen LogP contribution >= 0.6 is 11.8 Å². The first-order chi connectivity index (χ1) is 5.79. The lowest BCUT2D eigenvalue weighted by atomic mass is 10.5. The number of carbonyl (C=O) groups excluding carboxylic acids is 1. The molecule has 62 valence electrons. The van der Waals surface area contributed by atoms with Gasteiger partial charge >= 0.3 is 0 Å². The van der Waals surface area contributed by atoms with Gasteiger partial charge in [-0.2, -0.15) is 5.26 Å². The van der Waals surface area contributed by atoms with Gasteiger partial charge in [0, 0.05) is 6.54 Å². The normalized spacial score (nSPS) is 19.8. The van der Waals surface area contributed by atoms with Crippen LogP contribution < -0.4 is 0 Å². The van der Waals surface area contributed by atoms with E-state index in [2.05, 4.69) is 11.6 Å². The molecule has 1 amide bonds. The van der Waals surface area contributed by atoms with Crippen molar-refractivity contribution in [3.63, 3.8) is 0 Å². The topological polar surface area (TPSA) is 56.5 Å². The number of carbonyl (C=O) groups is 1. The summed E-state index contributed by atoms with van der Waals surface area (Å²) in [5.41, 5.74) is 0. The van der Waals surface area contributed by atoms with Crippen molar-refractivity contribution in [1.29, 1.82) is 5.26 Å². The molecular formula is C7H7N3OS. The highest BCUT2D eigenvalue weighted by atomic mass is 32.2. The fraction of sp³-hybridized carbons (Fsp3) is 0.286. The van der Waals surface area contributed by atoms with Crippen LogP contribution in [0.1, 0.15) is 0 Å². The molecule has 1 saturated heterocycles. The minimum Gasteiger partial charge on any atom is -0.286 e. The van der Waals surface area contributed by atoms with Crippen LogP contribution in [-0.4, -0.2) is 28.3 Å². The number of rotatable bonds is 2. The van der Waals surface area contributed by atoms with Crippen LogP contribution in [0.4, 0.5) is 0 Å². The molecule has 1 rings (SSSR count). The molecule has 1 aliphatic rings. The Kier molecular flexibility index (Phi) is 2.88. The highest BCUT2D eigenvalue weighted by Gasteiger charge is 2.26. The van der Waals surface area contributed by atoms with Gasteiger partial charge in [-0.1, -0.05) is 17.8 Å². The maximum Gasteiger partial charge on any atom is 0.239 e. The maximum atomic E-state index is 11.1. The van der Waals surface area contributed by atoms with Gasteiger partial charge in [-0.25, -0.2) is 0 Å². The zero-order valence-corrected chi connectivity index (χ0v) is 7.17. The number of nitriles is 1. The standard InChI is InChI=1S/C7H7N3OS/c1-2-3-10-6(11)4-12-7(10)9-5-8/h2H,1,3-4H2. The van der Waals surface area contributed by atoms with Crippen molar-refractivity contribution < 1.29 is 4.79 Å². The van der Waals surface area contributed by atoms with Gasteiger partial charge in [-0.05, 0) is 0 Å². The molecule has 0 unspecified atom stereocenters. The number of hydrogen-bond donors (Lipinski definition) is 0. The Labute approximate surface area is 74.6 Å². The Balaban J connectivity index is 2.78. The number of aliphatic imine (C=N–C) groups is 1. The third-order valence-corrected chi connectivity index (χ3v) is 2.28. The predicted molar refractivity (Wildman–Crippen MR) is 47.4 cm³/mol. The van der Waals surface area contributed by atoms with E-state index >= 15 is 0 Å². The molecule has 0 aromatic heterocycles.